The van der Waals surface area contributed by atoms with Crippen LogP contribution in [-0.2, 0) is 0 Å². The zero-order chi connectivity index (χ0) is 17.6. The lowest BCUT2D eigenvalue weighted by molar-refractivity contribution is 0.0925. The number of nitrogens with zero attached hydrogens (tertiary/aromatic N) is 3. The molecule has 7 heteroatoms. The standard InChI is InChI=1S/C18H20N4O2S/c1-10(2)15(12-5-4-8-25-12)21-17(23)13-11(3)24-18-14(13)16-19-6-7-22(16)9-20-18/h4-5,8-10,15H,6-7H2,1-3H3,(H,21,23). The molecule has 0 saturated heterocycles. The molecule has 6 nitrogen and oxygen atoms in total. The van der Waals surface area contributed by atoms with E-state index in [2.05, 4.69) is 35.2 Å². The van der Waals surface area contributed by atoms with E-state index in [1.165, 1.54) is 0 Å². The molecule has 0 aromatic carbocycles. The number of hydrogen-bond acceptors (Lipinski definition) is 6. The first-order valence-corrected chi connectivity index (χ1v) is 9.27. The summed E-state index contributed by atoms with van der Waals surface area (Å²) in [6.45, 7) is 7.51. The van der Waals surface area contributed by atoms with Crippen LogP contribution in [0.15, 0.2) is 31.9 Å². The van der Waals surface area contributed by atoms with Gasteiger partial charge in [0.05, 0.1) is 23.7 Å². The van der Waals surface area contributed by atoms with Crippen molar-refractivity contribution in [3.63, 3.8) is 0 Å². The van der Waals surface area contributed by atoms with Gasteiger partial charge in [-0.25, -0.2) is 4.99 Å². The van der Waals surface area contributed by atoms with E-state index in [0.717, 1.165) is 17.3 Å². The second-order valence-corrected chi connectivity index (χ2v) is 7.55. The number of thiophene rings is 1. The van der Waals surface area contributed by atoms with E-state index in [0.29, 0.717) is 29.3 Å². The van der Waals surface area contributed by atoms with E-state index in [-0.39, 0.29) is 17.9 Å². The normalized spacial score (nSPS) is 16.6. The molecule has 0 aliphatic carbocycles. The minimum atomic E-state index is -0.138. The van der Waals surface area contributed by atoms with Gasteiger partial charge in [-0.1, -0.05) is 19.9 Å². The molecule has 1 N–H and O–H groups in total. The molecule has 1 unspecified atom stereocenters. The van der Waals surface area contributed by atoms with Crippen LogP contribution in [0, 0.1) is 12.8 Å². The van der Waals surface area contributed by atoms with Gasteiger partial charge in [-0.2, -0.15) is 0 Å². The quantitative estimate of drug-likeness (QED) is 0.911. The smallest absolute Gasteiger partial charge is 0.256 e. The lowest BCUT2D eigenvalue weighted by Crippen LogP contribution is -2.34. The molecule has 0 fully saturated rings. The third-order valence-electron chi connectivity index (χ3n) is 4.51. The topological polar surface area (TPSA) is 70.2 Å². The SMILES string of the molecule is Cc1oc2c(c1C(=O)NC(c1cccs1)C(C)C)C1=NCCN1C=N2. The molecule has 1 amide bonds. The largest absolute Gasteiger partial charge is 0.442 e. The first-order chi connectivity index (χ1) is 12.1. The fourth-order valence-corrected chi connectivity index (χ4v) is 4.22. The summed E-state index contributed by atoms with van der Waals surface area (Å²) in [5, 5.41) is 5.21. The lowest BCUT2D eigenvalue weighted by Gasteiger charge is -2.22. The number of furan rings is 1. The molecule has 0 saturated carbocycles. The second kappa shape index (κ2) is 6.15. The lowest BCUT2D eigenvalue weighted by atomic mass is 10.0. The molecule has 2 aromatic rings. The van der Waals surface area contributed by atoms with Crippen molar-refractivity contribution < 1.29 is 9.21 Å². The van der Waals surface area contributed by atoms with Crippen molar-refractivity contribution in [2.45, 2.75) is 26.8 Å². The summed E-state index contributed by atoms with van der Waals surface area (Å²) in [6.07, 6.45) is 1.72. The average molecular weight is 356 g/mol. The van der Waals surface area contributed by atoms with Gasteiger partial charge in [0.25, 0.3) is 5.91 Å². The van der Waals surface area contributed by atoms with Gasteiger partial charge in [0.2, 0.25) is 5.88 Å². The molecule has 2 aromatic heterocycles. The van der Waals surface area contributed by atoms with Crippen LogP contribution in [0.5, 0.6) is 0 Å². The third kappa shape index (κ3) is 2.68. The Morgan fingerprint density at radius 3 is 3.00 bits per heavy atom. The van der Waals surface area contributed by atoms with Crippen molar-refractivity contribution in [2.24, 2.45) is 15.9 Å². The van der Waals surface area contributed by atoms with Crippen molar-refractivity contribution in [1.29, 1.82) is 0 Å². The maximum Gasteiger partial charge on any atom is 0.256 e. The van der Waals surface area contributed by atoms with Gasteiger partial charge in [-0.3, -0.25) is 9.79 Å². The Morgan fingerprint density at radius 1 is 1.44 bits per heavy atom. The molecule has 4 rings (SSSR count). The number of fused-ring (bicyclic) bond motifs is 3. The number of rotatable bonds is 4. The highest BCUT2D eigenvalue weighted by Gasteiger charge is 2.34. The highest BCUT2D eigenvalue weighted by Crippen LogP contribution is 2.35. The molecule has 2 aliphatic rings. The van der Waals surface area contributed by atoms with Crippen molar-refractivity contribution >= 4 is 35.3 Å². The molecular formula is C18H20N4O2S. The molecular weight excluding hydrogens is 336 g/mol. The Kier molecular flexibility index (Phi) is 3.95. The number of nitrogens with one attached hydrogen (secondary N) is 1. The summed E-state index contributed by atoms with van der Waals surface area (Å²) in [7, 11) is 0. The Morgan fingerprint density at radius 2 is 2.28 bits per heavy atom. The first-order valence-electron chi connectivity index (χ1n) is 8.39. The summed E-state index contributed by atoms with van der Waals surface area (Å²) >= 11 is 1.65. The van der Waals surface area contributed by atoms with E-state index in [4.69, 9.17) is 4.42 Å². The summed E-state index contributed by atoms with van der Waals surface area (Å²) in [6, 6.07) is 4.03. The number of amides is 1. The zero-order valence-corrected chi connectivity index (χ0v) is 15.3. The van der Waals surface area contributed by atoms with E-state index < -0.39 is 0 Å². The van der Waals surface area contributed by atoms with E-state index in [1.807, 2.05) is 16.3 Å². The van der Waals surface area contributed by atoms with Crippen LogP contribution >= 0.6 is 11.3 Å². The van der Waals surface area contributed by atoms with Gasteiger partial charge >= 0.3 is 0 Å². The van der Waals surface area contributed by atoms with Crippen molar-refractivity contribution in [3.05, 3.63) is 39.3 Å². The van der Waals surface area contributed by atoms with Gasteiger partial charge in [-0.05, 0) is 24.3 Å². The van der Waals surface area contributed by atoms with Crippen molar-refractivity contribution in [2.75, 3.05) is 13.1 Å². The third-order valence-corrected chi connectivity index (χ3v) is 5.46. The van der Waals surface area contributed by atoms with Crippen LogP contribution in [0.25, 0.3) is 0 Å². The fraction of sp³-hybridized carbons (Fsp3) is 0.389. The van der Waals surface area contributed by atoms with Crippen molar-refractivity contribution in [1.82, 2.24) is 10.2 Å². The van der Waals surface area contributed by atoms with Crippen LogP contribution in [0.2, 0.25) is 0 Å². The minimum Gasteiger partial charge on any atom is -0.442 e. The van der Waals surface area contributed by atoms with Crippen molar-refractivity contribution in [3.8, 4) is 0 Å². The number of carbonyl (C=O) groups is 1. The minimum absolute atomic E-state index is 0.0360. The predicted octanol–water partition coefficient (Wildman–Crippen LogP) is 3.51. The zero-order valence-electron chi connectivity index (χ0n) is 14.4. The summed E-state index contributed by atoms with van der Waals surface area (Å²) in [5.74, 6) is 1.97. The monoisotopic (exact) mass is 356 g/mol. The molecule has 0 spiro atoms. The number of amidine groups is 1. The molecule has 2 aliphatic heterocycles. The Hall–Kier alpha value is -2.41. The first kappa shape index (κ1) is 16.1. The number of aliphatic imine (C=N–C) groups is 2. The van der Waals surface area contributed by atoms with Gasteiger partial charge in [0.1, 0.15) is 17.9 Å². The number of carbonyl (C=O) groups excluding carboxylic acids is 1. The number of hydrogen-bond donors (Lipinski definition) is 1. The fourth-order valence-electron chi connectivity index (χ4n) is 3.27. The molecule has 1 atom stereocenters. The molecule has 4 heterocycles. The average Bonchev–Trinajstić information content (AvgIpc) is 3.29. The second-order valence-electron chi connectivity index (χ2n) is 6.57. The highest BCUT2D eigenvalue weighted by molar-refractivity contribution is 7.10. The Balaban J connectivity index is 1.70. The number of aryl methyl sites for hydroxylation is 1. The maximum absolute atomic E-state index is 13.1. The molecule has 25 heavy (non-hydrogen) atoms. The van der Waals surface area contributed by atoms with Gasteiger partial charge < -0.3 is 14.6 Å². The van der Waals surface area contributed by atoms with Gasteiger partial charge in [-0.15, -0.1) is 11.3 Å². The van der Waals surface area contributed by atoms with Gasteiger partial charge in [0, 0.05) is 11.4 Å². The van der Waals surface area contributed by atoms with E-state index >= 15 is 0 Å². The summed E-state index contributed by atoms with van der Waals surface area (Å²) in [5.41, 5.74) is 1.25. The van der Waals surface area contributed by atoms with Crippen LogP contribution in [0.4, 0.5) is 5.88 Å². The Labute approximate surface area is 150 Å². The summed E-state index contributed by atoms with van der Waals surface area (Å²) < 4.78 is 5.74. The van der Waals surface area contributed by atoms with Crippen LogP contribution < -0.4 is 5.32 Å². The maximum atomic E-state index is 13.1. The molecule has 0 radical (unpaired) electrons. The van der Waals surface area contributed by atoms with Crippen LogP contribution in [-0.4, -0.2) is 36.1 Å². The van der Waals surface area contributed by atoms with Crippen LogP contribution in [0.3, 0.4) is 0 Å². The Bertz CT molecular complexity index is 864. The van der Waals surface area contributed by atoms with E-state index in [9.17, 15) is 4.79 Å². The molecule has 130 valence electrons. The van der Waals surface area contributed by atoms with Crippen LogP contribution in [0.1, 0.15) is 46.4 Å². The molecule has 0 bridgehead atoms. The highest BCUT2D eigenvalue weighted by atomic mass is 32.1. The predicted molar refractivity (Wildman–Crippen MR) is 99.1 cm³/mol. The summed E-state index contributed by atoms with van der Waals surface area (Å²) in [4.78, 5) is 25.1. The van der Waals surface area contributed by atoms with Gasteiger partial charge in [0.15, 0.2) is 0 Å². The van der Waals surface area contributed by atoms with E-state index in [1.54, 1.807) is 24.6 Å².